The molecule has 1 N–H and O–H groups in total. The first kappa shape index (κ1) is 18.4. The number of hydrogen-bond donors (Lipinski definition) is 1. The van der Waals surface area contributed by atoms with Crippen LogP contribution in [0.25, 0.3) is 0 Å². The van der Waals surface area contributed by atoms with E-state index in [-0.39, 0.29) is 11.9 Å². The lowest BCUT2D eigenvalue weighted by molar-refractivity contribution is -0.122. The molecule has 0 fully saturated rings. The second-order valence-electron chi connectivity index (χ2n) is 6.90. The maximum absolute atomic E-state index is 12.3. The average molecular weight is 377 g/mol. The van der Waals surface area contributed by atoms with Crippen LogP contribution >= 0.6 is 22.9 Å². The minimum atomic E-state index is 0.0318. The SMILES string of the molecule is CC(NC(=O)CN(C)Cc1ccc(Cl)s1)c1ccc2c(c1)CCCC2. The Morgan fingerprint density at radius 3 is 2.72 bits per heavy atom. The van der Waals surface area contributed by atoms with Crippen LogP contribution in [-0.4, -0.2) is 24.4 Å². The molecule has 0 bridgehead atoms. The van der Waals surface area contributed by atoms with Crippen LogP contribution in [0.2, 0.25) is 4.34 Å². The molecular formula is C20H25ClN2OS. The van der Waals surface area contributed by atoms with Crippen LogP contribution in [0.4, 0.5) is 0 Å². The average Bonchev–Trinajstić information content (AvgIpc) is 2.98. The molecule has 0 radical (unpaired) electrons. The van der Waals surface area contributed by atoms with E-state index in [1.54, 1.807) is 11.3 Å². The molecule has 1 amide bonds. The van der Waals surface area contributed by atoms with Gasteiger partial charge in [0.1, 0.15) is 0 Å². The van der Waals surface area contributed by atoms with Gasteiger partial charge in [0.05, 0.1) is 16.9 Å². The summed E-state index contributed by atoms with van der Waals surface area (Å²) in [5.41, 5.74) is 4.13. The minimum Gasteiger partial charge on any atom is -0.348 e. The van der Waals surface area contributed by atoms with E-state index in [1.165, 1.54) is 40.8 Å². The number of nitrogens with zero attached hydrogens (tertiary/aromatic N) is 1. The van der Waals surface area contributed by atoms with E-state index in [2.05, 4.69) is 30.4 Å². The summed E-state index contributed by atoms with van der Waals surface area (Å²) in [6, 6.07) is 10.6. The zero-order chi connectivity index (χ0) is 17.8. The lowest BCUT2D eigenvalue weighted by Crippen LogP contribution is -2.36. The molecule has 0 saturated heterocycles. The number of aryl methyl sites for hydroxylation is 2. The molecule has 1 aromatic carbocycles. The summed E-state index contributed by atoms with van der Waals surface area (Å²) in [5, 5.41) is 3.12. The van der Waals surface area contributed by atoms with Gasteiger partial charge in [-0.1, -0.05) is 29.8 Å². The number of thiophene rings is 1. The Bertz CT molecular complexity index is 743. The molecule has 5 heteroatoms. The van der Waals surface area contributed by atoms with Crippen LogP contribution in [0.1, 0.15) is 47.4 Å². The Morgan fingerprint density at radius 2 is 2.00 bits per heavy atom. The molecule has 1 aromatic heterocycles. The molecule has 1 aliphatic rings. The first-order valence-electron chi connectivity index (χ1n) is 8.85. The quantitative estimate of drug-likeness (QED) is 0.799. The van der Waals surface area contributed by atoms with Crippen molar-refractivity contribution in [2.24, 2.45) is 0 Å². The fraction of sp³-hybridized carbons (Fsp3) is 0.450. The number of nitrogens with one attached hydrogen (secondary N) is 1. The van der Waals surface area contributed by atoms with Gasteiger partial charge >= 0.3 is 0 Å². The van der Waals surface area contributed by atoms with Crippen LogP contribution in [0.3, 0.4) is 0 Å². The lowest BCUT2D eigenvalue weighted by Gasteiger charge is -2.21. The number of halogens is 1. The maximum atomic E-state index is 12.3. The molecule has 2 aromatic rings. The zero-order valence-corrected chi connectivity index (χ0v) is 16.4. The standard InChI is InChI=1S/C20H25ClN2OS/c1-14(16-8-7-15-5-3-4-6-17(15)11-16)22-20(24)13-23(2)12-18-9-10-19(21)25-18/h7-11,14H,3-6,12-13H2,1-2H3,(H,22,24). The third-order valence-electron chi connectivity index (χ3n) is 4.72. The van der Waals surface area contributed by atoms with Crippen molar-refractivity contribution in [3.8, 4) is 0 Å². The third-order valence-corrected chi connectivity index (χ3v) is 5.93. The van der Waals surface area contributed by atoms with Gasteiger partial charge in [-0.2, -0.15) is 0 Å². The summed E-state index contributed by atoms with van der Waals surface area (Å²) in [6.07, 6.45) is 4.92. The molecule has 3 nitrogen and oxygen atoms in total. The minimum absolute atomic E-state index is 0.0318. The van der Waals surface area contributed by atoms with E-state index in [0.29, 0.717) is 6.54 Å². The van der Waals surface area contributed by atoms with Crippen molar-refractivity contribution in [1.82, 2.24) is 10.2 Å². The molecule has 25 heavy (non-hydrogen) atoms. The largest absolute Gasteiger partial charge is 0.348 e. The van der Waals surface area contributed by atoms with Gasteiger partial charge in [-0.15, -0.1) is 11.3 Å². The highest BCUT2D eigenvalue weighted by atomic mass is 35.5. The number of likely N-dealkylation sites (N-methyl/N-ethyl adjacent to an activating group) is 1. The van der Waals surface area contributed by atoms with Crippen molar-refractivity contribution in [2.75, 3.05) is 13.6 Å². The first-order valence-corrected chi connectivity index (χ1v) is 10.0. The monoisotopic (exact) mass is 376 g/mol. The second kappa shape index (κ2) is 8.35. The maximum Gasteiger partial charge on any atom is 0.234 e. The fourth-order valence-corrected chi connectivity index (χ4v) is 4.56. The van der Waals surface area contributed by atoms with Crippen molar-refractivity contribution < 1.29 is 4.79 Å². The number of hydrogen-bond acceptors (Lipinski definition) is 3. The van der Waals surface area contributed by atoms with Crippen LogP contribution < -0.4 is 5.32 Å². The van der Waals surface area contributed by atoms with Gasteiger partial charge in [-0.3, -0.25) is 9.69 Å². The van der Waals surface area contributed by atoms with Gasteiger partial charge in [0.2, 0.25) is 5.91 Å². The van der Waals surface area contributed by atoms with Crippen LogP contribution in [0.15, 0.2) is 30.3 Å². The Kier molecular flexibility index (Phi) is 6.15. The smallest absolute Gasteiger partial charge is 0.234 e. The summed E-state index contributed by atoms with van der Waals surface area (Å²) < 4.78 is 0.786. The zero-order valence-electron chi connectivity index (χ0n) is 14.8. The molecular weight excluding hydrogens is 352 g/mol. The van der Waals surface area contributed by atoms with Gasteiger partial charge in [0.25, 0.3) is 0 Å². The highest BCUT2D eigenvalue weighted by Crippen LogP contribution is 2.25. The molecule has 1 aliphatic carbocycles. The van der Waals surface area contributed by atoms with Crippen LogP contribution in [0, 0.1) is 0 Å². The predicted octanol–water partition coefficient (Wildman–Crippen LogP) is 4.59. The van der Waals surface area contributed by atoms with Gasteiger partial charge in [-0.05, 0) is 68.5 Å². The Labute approximate surface area is 159 Å². The van der Waals surface area contributed by atoms with Crippen molar-refractivity contribution in [1.29, 1.82) is 0 Å². The third kappa shape index (κ3) is 5.06. The highest BCUT2D eigenvalue weighted by molar-refractivity contribution is 7.16. The molecule has 1 atom stereocenters. The van der Waals surface area contributed by atoms with Crippen molar-refractivity contribution in [2.45, 2.75) is 45.2 Å². The predicted molar refractivity (Wildman–Crippen MR) is 105 cm³/mol. The summed E-state index contributed by atoms with van der Waals surface area (Å²) in [7, 11) is 1.96. The van der Waals surface area contributed by atoms with E-state index in [9.17, 15) is 4.79 Å². The van der Waals surface area contributed by atoms with Crippen molar-refractivity contribution in [3.63, 3.8) is 0 Å². The summed E-state index contributed by atoms with van der Waals surface area (Å²) in [5.74, 6) is 0.0513. The number of benzene rings is 1. The van der Waals surface area contributed by atoms with E-state index < -0.39 is 0 Å². The van der Waals surface area contributed by atoms with Gasteiger partial charge in [-0.25, -0.2) is 0 Å². The number of fused-ring (bicyclic) bond motifs is 1. The molecule has 1 heterocycles. The van der Waals surface area contributed by atoms with Gasteiger partial charge in [0.15, 0.2) is 0 Å². The number of rotatable bonds is 6. The topological polar surface area (TPSA) is 32.3 Å². The molecule has 0 saturated carbocycles. The van der Waals surface area contributed by atoms with Gasteiger partial charge < -0.3 is 5.32 Å². The first-order chi connectivity index (χ1) is 12.0. The van der Waals surface area contributed by atoms with Crippen LogP contribution in [0.5, 0.6) is 0 Å². The lowest BCUT2D eigenvalue weighted by atomic mass is 9.89. The molecule has 1 unspecified atom stereocenters. The van der Waals surface area contributed by atoms with Gasteiger partial charge in [0, 0.05) is 11.4 Å². The highest BCUT2D eigenvalue weighted by Gasteiger charge is 2.15. The van der Waals surface area contributed by atoms with Crippen molar-refractivity contribution >= 4 is 28.8 Å². The molecule has 3 rings (SSSR count). The van der Waals surface area contributed by atoms with E-state index in [1.807, 2.05) is 24.1 Å². The normalized spacial score (nSPS) is 15.0. The van der Waals surface area contributed by atoms with E-state index in [4.69, 9.17) is 11.6 Å². The molecule has 0 spiro atoms. The second-order valence-corrected chi connectivity index (χ2v) is 8.70. The summed E-state index contributed by atoms with van der Waals surface area (Å²) in [6.45, 7) is 3.17. The van der Waals surface area contributed by atoms with E-state index >= 15 is 0 Å². The Balaban J connectivity index is 1.53. The fourth-order valence-electron chi connectivity index (χ4n) is 3.40. The van der Waals surface area contributed by atoms with E-state index in [0.717, 1.165) is 17.3 Å². The Hall–Kier alpha value is -1.36. The number of carbonyl (C=O) groups excluding carboxylic acids is 1. The molecule has 134 valence electrons. The number of carbonyl (C=O) groups is 1. The molecule has 0 aliphatic heterocycles. The van der Waals surface area contributed by atoms with Crippen molar-refractivity contribution in [3.05, 3.63) is 56.2 Å². The summed E-state index contributed by atoms with van der Waals surface area (Å²) in [4.78, 5) is 15.5. The Morgan fingerprint density at radius 1 is 1.24 bits per heavy atom. The number of amides is 1. The van der Waals surface area contributed by atoms with Crippen LogP contribution in [-0.2, 0) is 24.2 Å². The summed E-state index contributed by atoms with van der Waals surface area (Å²) >= 11 is 7.52.